The maximum absolute atomic E-state index is 12.8. The van der Waals surface area contributed by atoms with Crippen LogP contribution in [0.25, 0.3) is 0 Å². The summed E-state index contributed by atoms with van der Waals surface area (Å²) in [4.78, 5) is 11.9. The molecule has 0 aliphatic carbocycles. The van der Waals surface area contributed by atoms with Crippen molar-refractivity contribution < 1.29 is 13.9 Å². The van der Waals surface area contributed by atoms with E-state index in [-0.39, 0.29) is 18.3 Å². The second-order valence-electron chi connectivity index (χ2n) is 5.26. The quantitative estimate of drug-likeness (QED) is 0.479. The molecule has 0 spiro atoms. The molecule has 1 heterocycles. The van der Waals surface area contributed by atoms with Crippen LogP contribution in [-0.4, -0.2) is 22.7 Å². The van der Waals surface area contributed by atoms with Gasteiger partial charge >= 0.3 is 0 Å². The Balaban J connectivity index is 1.46. The number of amides is 1. The number of aromatic nitrogens is 2. The van der Waals surface area contributed by atoms with Gasteiger partial charge in [-0.15, -0.1) is 10.2 Å². The van der Waals surface area contributed by atoms with Crippen LogP contribution in [0.1, 0.15) is 11.1 Å². The minimum absolute atomic E-state index is 0.209. The number of benzene rings is 2. The highest BCUT2D eigenvalue weighted by Crippen LogP contribution is 2.28. The van der Waals surface area contributed by atoms with Gasteiger partial charge in [0.2, 0.25) is 5.13 Å². The Labute approximate surface area is 163 Å². The molecule has 1 aromatic heterocycles. The largest absolute Gasteiger partial charge is 0.484 e. The van der Waals surface area contributed by atoms with E-state index in [0.717, 1.165) is 5.56 Å². The Morgan fingerprint density at radius 3 is 2.63 bits per heavy atom. The first-order valence-electron chi connectivity index (χ1n) is 7.76. The van der Waals surface area contributed by atoms with Crippen molar-refractivity contribution in [1.82, 2.24) is 10.2 Å². The predicted octanol–water partition coefficient (Wildman–Crippen LogP) is 3.86. The molecule has 6 nitrogen and oxygen atoms in total. The zero-order valence-electron chi connectivity index (χ0n) is 13.9. The van der Waals surface area contributed by atoms with Crippen molar-refractivity contribution in [2.24, 2.45) is 0 Å². The number of nitrogens with zero attached hydrogens (tertiary/aromatic N) is 3. The molecule has 1 amide bonds. The monoisotopic (exact) mass is 400 g/mol. The van der Waals surface area contributed by atoms with Crippen molar-refractivity contribution in [3.63, 3.8) is 0 Å². The lowest BCUT2D eigenvalue weighted by Gasteiger charge is -2.05. The van der Waals surface area contributed by atoms with Gasteiger partial charge in [0.15, 0.2) is 10.9 Å². The van der Waals surface area contributed by atoms with Crippen molar-refractivity contribution in [3.05, 3.63) is 65.5 Å². The Bertz CT molecular complexity index is 953. The topological polar surface area (TPSA) is 87.9 Å². The van der Waals surface area contributed by atoms with Gasteiger partial charge in [-0.1, -0.05) is 35.2 Å². The van der Waals surface area contributed by atoms with Crippen LogP contribution < -0.4 is 10.1 Å². The van der Waals surface area contributed by atoms with E-state index >= 15 is 0 Å². The van der Waals surface area contributed by atoms with Crippen molar-refractivity contribution in [3.8, 4) is 11.8 Å². The number of rotatable bonds is 7. The molecule has 2 aromatic carbocycles. The molecule has 136 valence electrons. The van der Waals surface area contributed by atoms with Gasteiger partial charge in [-0.25, -0.2) is 4.39 Å². The molecule has 0 bridgehead atoms. The molecular weight excluding hydrogens is 387 g/mol. The average Bonchev–Trinajstić information content (AvgIpc) is 3.13. The van der Waals surface area contributed by atoms with Crippen LogP contribution in [0.5, 0.6) is 5.75 Å². The number of ether oxygens (including phenoxy) is 1. The Kier molecular flexibility index (Phi) is 6.35. The van der Waals surface area contributed by atoms with Crippen LogP contribution in [0, 0.1) is 17.1 Å². The summed E-state index contributed by atoms with van der Waals surface area (Å²) in [6.45, 7) is -0.209. The van der Waals surface area contributed by atoms with Crippen molar-refractivity contribution in [2.45, 2.75) is 10.1 Å². The first-order chi connectivity index (χ1) is 13.1. The maximum atomic E-state index is 12.8. The third-order valence-electron chi connectivity index (χ3n) is 3.28. The van der Waals surface area contributed by atoms with Crippen LogP contribution in [0.3, 0.4) is 0 Å². The normalized spacial score (nSPS) is 10.2. The molecule has 0 saturated carbocycles. The summed E-state index contributed by atoms with van der Waals surface area (Å²) in [5.41, 5.74) is 1.68. The fourth-order valence-electron chi connectivity index (χ4n) is 1.97. The fourth-order valence-corrected chi connectivity index (χ4v) is 3.70. The summed E-state index contributed by atoms with van der Waals surface area (Å²) in [7, 11) is 0. The lowest BCUT2D eigenvalue weighted by Crippen LogP contribution is -2.20. The predicted molar refractivity (Wildman–Crippen MR) is 101 cm³/mol. The van der Waals surface area contributed by atoms with Gasteiger partial charge in [-0.3, -0.25) is 10.1 Å². The maximum Gasteiger partial charge on any atom is 0.264 e. The molecule has 0 aliphatic rings. The van der Waals surface area contributed by atoms with E-state index in [2.05, 4.69) is 21.6 Å². The Morgan fingerprint density at radius 1 is 1.19 bits per heavy atom. The molecule has 0 atom stereocenters. The van der Waals surface area contributed by atoms with E-state index in [1.54, 1.807) is 12.1 Å². The number of anilines is 1. The molecule has 0 radical (unpaired) electrons. The van der Waals surface area contributed by atoms with E-state index in [0.29, 0.717) is 26.5 Å². The SMILES string of the molecule is N#Cc1ccc(CSc2nnc(NC(=O)COc3ccc(F)cc3)s2)cc1. The molecule has 3 rings (SSSR count). The van der Waals surface area contributed by atoms with E-state index in [1.165, 1.54) is 47.4 Å². The number of hydrogen-bond donors (Lipinski definition) is 1. The first kappa shape index (κ1) is 18.8. The molecular formula is C18H13FN4O2S2. The van der Waals surface area contributed by atoms with Gasteiger partial charge in [0.05, 0.1) is 11.6 Å². The lowest BCUT2D eigenvalue weighted by molar-refractivity contribution is -0.118. The van der Waals surface area contributed by atoms with Crippen molar-refractivity contribution in [2.75, 3.05) is 11.9 Å². The molecule has 9 heteroatoms. The minimum Gasteiger partial charge on any atom is -0.484 e. The van der Waals surface area contributed by atoms with E-state index in [4.69, 9.17) is 10.00 Å². The summed E-state index contributed by atoms with van der Waals surface area (Å²) in [5, 5.41) is 19.7. The smallest absolute Gasteiger partial charge is 0.264 e. The van der Waals surface area contributed by atoms with Crippen LogP contribution >= 0.6 is 23.1 Å². The van der Waals surface area contributed by atoms with Crippen molar-refractivity contribution in [1.29, 1.82) is 5.26 Å². The summed E-state index contributed by atoms with van der Waals surface area (Å²) in [6.07, 6.45) is 0. The zero-order valence-corrected chi connectivity index (χ0v) is 15.5. The highest BCUT2D eigenvalue weighted by molar-refractivity contribution is 8.00. The van der Waals surface area contributed by atoms with Gasteiger partial charge in [-0.05, 0) is 42.0 Å². The summed E-state index contributed by atoms with van der Waals surface area (Å²) in [5.74, 6) is 0.343. The first-order valence-corrected chi connectivity index (χ1v) is 9.56. The van der Waals surface area contributed by atoms with Gasteiger partial charge in [0.1, 0.15) is 11.6 Å². The summed E-state index contributed by atoms with van der Waals surface area (Å²) < 4.78 is 18.8. The van der Waals surface area contributed by atoms with Crippen LogP contribution in [0.4, 0.5) is 9.52 Å². The number of nitriles is 1. The van der Waals surface area contributed by atoms with Crippen LogP contribution in [0.2, 0.25) is 0 Å². The summed E-state index contributed by atoms with van der Waals surface area (Å²) in [6, 6.07) is 14.8. The van der Waals surface area contributed by atoms with E-state index in [9.17, 15) is 9.18 Å². The van der Waals surface area contributed by atoms with E-state index in [1.807, 2.05) is 12.1 Å². The molecule has 0 fully saturated rings. The Hall–Kier alpha value is -2.96. The molecule has 1 N–H and O–H groups in total. The third kappa shape index (κ3) is 5.77. The number of halogens is 1. The number of carbonyl (C=O) groups is 1. The second kappa shape index (κ2) is 9.12. The molecule has 27 heavy (non-hydrogen) atoms. The number of carbonyl (C=O) groups excluding carboxylic acids is 1. The number of hydrogen-bond acceptors (Lipinski definition) is 7. The van der Waals surface area contributed by atoms with Gasteiger partial charge in [0.25, 0.3) is 5.91 Å². The standard InChI is InChI=1S/C18H13FN4O2S2/c19-14-5-7-15(8-6-14)25-10-16(24)21-17-22-23-18(27-17)26-11-13-3-1-12(9-20)2-4-13/h1-8H,10-11H2,(H,21,22,24). The second-order valence-corrected chi connectivity index (χ2v) is 7.46. The van der Waals surface area contributed by atoms with Crippen LogP contribution in [0.15, 0.2) is 52.9 Å². The lowest BCUT2D eigenvalue weighted by atomic mass is 10.2. The highest BCUT2D eigenvalue weighted by Gasteiger charge is 2.10. The zero-order chi connectivity index (χ0) is 19.1. The third-order valence-corrected chi connectivity index (χ3v) is 5.32. The molecule has 0 saturated heterocycles. The Morgan fingerprint density at radius 2 is 1.93 bits per heavy atom. The molecule has 0 unspecified atom stereocenters. The molecule has 0 aliphatic heterocycles. The van der Waals surface area contributed by atoms with Gasteiger partial charge in [0, 0.05) is 5.75 Å². The van der Waals surface area contributed by atoms with Crippen LogP contribution in [-0.2, 0) is 10.5 Å². The van der Waals surface area contributed by atoms with Crippen molar-refractivity contribution >= 4 is 34.1 Å². The minimum atomic E-state index is -0.376. The number of thioether (sulfide) groups is 1. The summed E-state index contributed by atoms with van der Waals surface area (Å²) >= 11 is 2.75. The van der Waals surface area contributed by atoms with Gasteiger partial charge < -0.3 is 4.74 Å². The van der Waals surface area contributed by atoms with E-state index < -0.39 is 0 Å². The average molecular weight is 400 g/mol. The molecule has 3 aromatic rings. The fraction of sp³-hybridized carbons (Fsp3) is 0.111. The number of nitrogens with one attached hydrogen (secondary N) is 1. The van der Waals surface area contributed by atoms with Gasteiger partial charge in [-0.2, -0.15) is 5.26 Å². The highest BCUT2D eigenvalue weighted by atomic mass is 32.2.